The maximum atomic E-state index is 6.45. The van der Waals surface area contributed by atoms with Gasteiger partial charge < -0.3 is 9.47 Å². The van der Waals surface area contributed by atoms with Gasteiger partial charge in [-0.05, 0) is 54.4 Å². The van der Waals surface area contributed by atoms with Crippen molar-refractivity contribution in [1.82, 2.24) is 5.01 Å². The molecule has 32 heavy (non-hydrogen) atoms. The van der Waals surface area contributed by atoms with E-state index in [4.69, 9.17) is 26.2 Å². The average molecular weight is 447 g/mol. The van der Waals surface area contributed by atoms with Crippen LogP contribution < -0.4 is 9.47 Å². The summed E-state index contributed by atoms with van der Waals surface area (Å²) in [7, 11) is 0. The third-order valence-corrected chi connectivity index (χ3v) is 6.31. The van der Waals surface area contributed by atoms with Gasteiger partial charge in [0.15, 0.2) is 0 Å². The lowest BCUT2D eigenvalue weighted by Crippen LogP contribution is -2.33. The van der Waals surface area contributed by atoms with E-state index in [1.54, 1.807) is 0 Å². The zero-order chi connectivity index (χ0) is 21.9. The fraction of sp³-hybridized carbons (Fsp3) is 0.296. The first-order chi connectivity index (χ1) is 15.7. The van der Waals surface area contributed by atoms with E-state index in [0.717, 1.165) is 52.8 Å². The number of ether oxygens (including phenoxy) is 2. The number of halogens is 1. The summed E-state index contributed by atoms with van der Waals surface area (Å²) in [6.45, 7) is 2.95. The molecular formula is C27H27ClN2O2. The molecule has 2 heterocycles. The minimum atomic E-state index is -0.283. The highest BCUT2D eigenvalue weighted by Gasteiger charge is 2.40. The highest BCUT2D eigenvalue weighted by molar-refractivity contribution is 6.30. The van der Waals surface area contributed by atoms with Crippen LogP contribution in [0.25, 0.3) is 0 Å². The summed E-state index contributed by atoms with van der Waals surface area (Å²) in [5.74, 6) is 1.82. The fourth-order valence-electron chi connectivity index (χ4n) is 4.34. The van der Waals surface area contributed by atoms with E-state index in [0.29, 0.717) is 0 Å². The number of fused-ring (bicyclic) bond motifs is 3. The lowest BCUT2D eigenvalue weighted by molar-refractivity contribution is -0.0190. The number of hydrogen-bond acceptors (Lipinski definition) is 4. The third-order valence-electron chi connectivity index (χ3n) is 6.06. The number of unbranched alkanes of at least 4 members (excludes halogenated alkanes) is 2. The standard InChI is InChI=1S/C27H27ClN2O2/c1-2-3-6-17-31-22-15-11-20(12-16-22)27-30-25(23-7-4-5-8-26(23)32-27)18-24(29-30)19-9-13-21(28)14-10-19/h4-5,7-16,25,27H,2-3,6,17-18H2,1H3/t25-,27-/m0/s1. The van der Waals surface area contributed by atoms with Gasteiger partial charge in [0.1, 0.15) is 11.5 Å². The predicted molar refractivity (Wildman–Crippen MR) is 128 cm³/mol. The van der Waals surface area contributed by atoms with Gasteiger partial charge in [-0.3, -0.25) is 0 Å². The van der Waals surface area contributed by atoms with Crippen LogP contribution in [0, 0.1) is 0 Å². The molecule has 0 spiro atoms. The smallest absolute Gasteiger partial charge is 0.213 e. The third kappa shape index (κ3) is 4.20. The summed E-state index contributed by atoms with van der Waals surface area (Å²) < 4.78 is 12.3. The van der Waals surface area contributed by atoms with Gasteiger partial charge in [-0.1, -0.05) is 61.7 Å². The molecule has 0 fully saturated rings. The lowest BCUT2D eigenvalue weighted by Gasteiger charge is -2.38. The predicted octanol–water partition coefficient (Wildman–Crippen LogP) is 7.15. The molecule has 0 aromatic heterocycles. The quantitative estimate of drug-likeness (QED) is 0.361. The molecule has 3 aromatic carbocycles. The second-order valence-electron chi connectivity index (χ2n) is 8.29. The molecule has 0 N–H and O–H groups in total. The van der Waals surface area contributed by atoms with E-state index in [9.17, 15) is 0 Å². The maximum absolute atomic E-state index is 6.45. The van der Waals surface area contributed by atoms with Gasteiger partial charge in [-0.25, -0.2) is 5.01 Å². The van der Waals surface area contributed by atoms with Gasteiger partial charge in [0, 0.05) is 22.6 Å². The molecule has 0 bridgehead atoms. The first-order valence-corrected chi connectivity index (χ1v) is 11.7. The number of nitrogens with zero attached hydrogens (tertiary/aromatic N) is 2. The molecule has 5 heteroatoms. The van der Waals surface area contributed by atoms with E-state index < -0.39 is 0 Å². The van der Waals surface area contributed by atoms with Gasteiger partial charge >= 0.3 is 0 Å². The van der Waals surface area contributed by atoms with Gasteiger partial charge in [-0.2, -0.15) is 5.10 Å². The molecule has 0 aliphatic carbocycles. The summed E-state index contributed by atoms with van der Waals surface area (Å²) in [4.78, 5) is 0. The Kier molecular flexibility index (Phi) is 6.04. The molecule has 2 aliphatic rings. The summed E-state index contributed by atoms with van der Waals surface area (Å²) in [6.07, 6.45) is 4.01. The minimum Gasteiger partial charge on any atom is -0.494 e. The largest absolute Gasteiger partial charge is 0.494 e. The van der Waals surface area contributed by atoms with Crippen molar-refractivity contribution in [3.05, 3.63) is 94.5 Å². The Balaban J connectivity index is 1.42. The monoisotopic (exact) mass is 446 g/mol. The Bertz CT molecular complexity index is 1100. The number of rotatable bonds is 7. The molecule has 0 unspecified atom stereocenters. The van der Waals surface area contributed by atoms with E-state index >= 15 is 0 Å². The van der Waals surface area contributed by atoms with Crippen LogP contribution in [0.5, 0.6) is 11.5 Å². The molecule has 3 aromatic rings. The average Bonchev–Trinajstić information content (AvgIpc) is 3.28. The summed E-state index contributed by atoms with van der Waals surface area (Å²) in [5, 5.41) is 7.84. The van der Waals surface area contributed by atoms with Crippen molar-refractivity contribution in [3.8, 4) is 11.5 Å². The van der Waals surface area contributed by atoms with Gasteiger partial charge in [-0.15, -0.1) is 0 Å². The molecule has 0 amide bonds. The summed E-state index contributed by atoms with van der Waals surface area (Å²) >= 11 is 6.09. The second kappa shape index (κ2) is 9.25. The highest BCUT2D eigenvalue weighted by atomic mass is 35.5. The lowest BCUT2D eigenvalue weighted by atomic mass is 9.96. The van der Waals surface area contributed by atoms with Crippen molar-refractivity contribution in [3.63, 3.8) is 0 Å². The van der Waals surface area contributed by atoms with Crippen molar-refractivity contribution in [2.75, 3.05) is 6.61 Å². The van der Waals surface area contributed by atoms with Crippen LogP contribution in [0.15, 0.2) is 77.9 Å². The van der Waals surface area contributed by atoms with Crippen LogP contribution in [-0.4, -0.2) is 17.3 Å². The Labute approximate surface area is 194 Å². The molecule has 2 atom stereocenters. The summed E-state index contributed by atoms with van der Waals surface area (Å²) in [5.41, 5.74) is 4.38. The normalized spacial score (nSPS) is 19.1. The van der Waals surface area contributed by atoms with E-state index in [2.05, 4.69) is 36.2 Å². The zero-order valence-electron chi connectivity index (χ0n) is 18.2. The highest BCUT2D eigenvalue weighted by Crippen LogP contribution is 2.47. The molecule has 0 saturated carbocycles. The summed E-state index contributed by atoms with van der Waals surface area (Å²) in [6, 6.07) is 24.5. The fourth-order valence-corrected chi connectivity index (χ4v) is 4.47. The Hall–Kier alpha value is -2.98. The first-order valence-electron chi connectivity index (χ1n) is 11.3. The molecule has 5 rings (SSSR count). The van der Waals surface area contributed by atoms with Crippen molar-refractivity contribution in [2.24, 2.45) is 5.10 Å². The Morgan fingerprint density at radius 1 is 1.00 bits per heavy atom. The van der Waals surface area contributed by atoms with Gasteiger partial charge in [0.2, 0.25) is 6.23 Å². The Morgan fingerprint density at radius 3 is 2.56 bits per heavy atom. The Morgan fingerprint density at radius 2 is 1.78 bits per heavy atom. The number of hydrogen-bond donors (Lipinski definition) is 0. The van der Waals surface area contributed by atoms with Gasteiger partial charge in [0.25, 0.3) is 0 Å². The van der Waals surface area contributed by atoms with Crippen LogP contribution in [0.1, 0.15) is 61.6 Å². The van der Waals surface area contributed by atoms with Crippen molar-refractivity contribution in [1.29, 1.82) is 0 Å². The molecule has 4 nitrogen and oxygen atoms in total. The van der Waals surface area contributed by atoms with Gasteiger partial charge in [0.05, 0.1) is 18.4 Å². The number of para-hydroxylation sites is 1. The van der Waals surface area contributed by atoms with Crippen LogP contribution in [-0.2, 0) is 0 Å². The molecule has 164 valence electrons. The molecular weight excluding hydrogens is 420 g/mol. The molecule has 0 radical (unpaired) electrons. The number of hydrazone groups is 1. The second-order valence-corrected chi connectivity index (χ2v) is 8.72. The maximum Gasteiger partial charge on any atom is 0.213 e. The SMILES string of the molecule is CCCCCOc1ccc([C@@H]2Oc3ccccc3[C@@H]3CC(c4ccc(Cl)cc4)=NN32)cc1. The minimum absolute atomic E-state index is 0.139. The number of benzene rings is 3. The van der Waals surface area contributed by atoms with Crippen LogP contribution >= 0.6 is 11.6 Å². The van der Waals surface area contributed by atoms with E-state index in [-0.39, 0.29) is 12.3 Å². The molecule has 2 aliphatic heterocycles. The van der Waals surface area contributed by atoms with Crippen molar-refractivity contribution in [2.45, 2.75) is 44.9 Å². The van der Waals surface area contributed by atoms with E-state index in [1.165, 1.54) is 18.4 Å². The van der Waals surface area contributed by atoms with Crippen LogP contribution in [0.2, 0.25) is 5.02 Å². The van der Waals surface area contributed by atoms with Crippen molar-refractivity contribution < 1.29 is 9.47 Å². The molecule has 0 saturated heterocycles. The topological polar surface area (TPSA) is 34.1 Å². The van der Waals surface area contributed by atoms with E-state index in [1.807, 2.05) is 48.5 Å². The zero-order valence-corrected chi connectivity index (χ0v) is 19.0. The van der Waals surface area contributed by atoms with Crippen LogP contribution in [0.4, 0.5) is 0 Å². The first kappa shape index (κ1) is 20.9. The van der Waals surface area contributed by atoms with Crippen molar-refractivity contribution >= 4 is 17.3 Å². The van der Waals surface area contributed by atoms with Crippen LogP contribution in [0.3, 0.4) is 0 Å².